The van der Waals surface area contributed by atoms with Crippen molar-refractivity contribution >= 4 is 69.7 Å². The number of pyridine rings is 1. The van der Waals surface area contributed by atoms with Crippen LogP contribution in [0, 0.1) is 10.1 Å². The molecule has 3 amide bonds. The second-order valence-corrected chi connectivity index (χ2v) is 8.39. The van der Waals surface area contributed by atoms with Crippen LogP contribution >= 0.6 is 46.4 Å². The maximum absolute atomic E-state index is 12.9. The van der Waals surface area contributed by atoms with Crippen LogP contribution in [0.1, 0.15) is 15.9 Å². The first-order valence-electron chi connectivity index (χ1n) is 9.21. The smallest absolute Gasteiger partial charge is 0.417 e. The Bertz CT molecular complexity index is 1420. The highest BCUT2D eigenvalue weighted by molar-refractivity contribution is 6.41. The van der Waals surface area contributed by atoms with E-state index in [1.807, 2.05) is 5.32 Å². The van der Waals surface area contributed by atoms with Gasteiger partial charge in [-0.05, 0) is 24.3 Å². The van der Waals surface area contributed by atoms with Gasteiger partial charge in [-0.25, -0.2) is 4.79 Å². The molecule has 0 fully saturated rings. The number of anilines is 1. The monoisotopic (exact) mass is 582 g/mol. The van der Waals surface area contributed by atoms with Gasteiger partial charge < -0.3 is 10.4 Å². The first kappa shape index (κ1) is 27.3. The molecule has 1 heterocycles. The Morgan fingerprint density at radius 3 is 2.25 bits per heavy atom. The number of aromatic nitrogens is 1. The van der Waals surface area contributed by atoms with Gasteiger partial charge in [0.15, 0.2) is 0 Å². The number of amides is 3. The van der Waals surface area contributed by atoms with Gasteiger partial charge in [-0.15, -0.1) is 0 Å². The van der Waals surface area contributed by atoms with E-state index in [1.54, 1.807) is 0 Å². The van der Waals surface area contributed by atoms with Gasteiger partial charge in [0.2, 0.25) is 0 Å². The van der Waals surface area contributed by atoms with E-state index >= 15 is 0 Å². The highest BCUT2D eigenvalue weighted by Crippen LogP contribution is 2.43. The predicted octanol–water partition coefficient (Wildman–Crippen LogP) is 6.96. The Balaban J connectivity index is 1.90. The number of aromatic hydroxyl groups is 1. The summed E-state index contributed by atoms with van der Waals surface area (Å²) in [4.78, 5) is 38.7. The van der Waals surface area contributed by atoms with Gasteiger partial charge in [0.05, 0.1) is 48.1 Å². The summed E-state index contributed by atoms with van der Waals surface area (Å²) < 4.78 is 38.7. The van der Waals surface area contributed by atoms with Gasteiger partial charge in [0.25, 0.3) is 11.6 Å². The molecule has 0 saturated carbocycles. The van der Waals surface area contributed by atoms with Gasteiger partial charge in [-0.2, -0.15) is 13.2 Å². The lowest BCUT2D eigenvalue weighted by atomic mass is 10.1. The van der Waals surface area contributed by atoms with E-state index in [9.17, 15) is 38.0 Å². The molecule has 3 N–H and O–H groups in total. The summed E-state index contributed by atoms with van der Waals surface area (Å²) >= 11 is 23.7. The lowest BCUT2D eigenvalue weighted by Gasteiger charge is -2.15. The summed E-state index contributed by atoms with van der Waals surface area (Å²) in [5.74, 6) is -1.93. The number of nitro groups is 1. The third-order valence-electron chi connectivity index (χ3n) is 4.50. The molecule has 0 aliphatic heterocycles. The number of nitrogens with zero attached hydrogens (tertiary/aromatic N) is 2. The second kappa shape index (κ2) is 10.3. The molecule has 0 aliphatic rings. The molecule has 0 radical (unpaired) electrons. The normalized spacial score (nSPS) is 11.2. The minimum Gasteiger partial charge on any atom is -0.505 e. The molecule has 188 valence electrons. The summed E-state index contributed by atoms with van der Waals surface area (Å²) in [5.41, 5.74) is -3.28. The van der Waals surface area contributed by atoms with Crippen molar-refractivity contribution in [1.29, 1.82) is 0 Å². The number of imide groups is 1. The predicted molar refractivity (Wildman–Crippen MR) is 126 cm³/mol. The molecule has 9 nitrogen and oxygen atoms in total. The lowest BCUT2D eigenvalue weighted by molar-refractivity contribution is -0.384. The second-order valence-electron chi connectivity index (χ2n) is 6.79. The maximum atomic E-state index is 12.9. The van der Waals surface area contributed by atoms with Crippen molar-refractivity contribution in [2.45, 2.75) is 6.18 Å². The molecule has 36 heavy (non-hydrogen) atoms. The molecule has 0 aliphatic carbocycles. The Kier molecular flexibility index (Phi) is 7.84. The summed E-state index contributed by atoms with van der Waals surface area (Å²) in [6, 6.07) is 3.66. The molecule has 3 aromatic rings. The van der Waals surface area contributed by atoms with E-state index in [4.69, 9.17) is 46.4 Å². The number of hydrogen-bond donors (Lipinski definition) is 3. The Morgan fingerprint density at radius 2 is 1.67 bits per heavy atom. The molecule has 0 bridgehead atoms. The maximum Gasteiger partial charge on any atom is 0.417 e. The molecule has 0 spiro atoms. The van der Waals surface area contributed by atoms with Crippen molar-refractivity contribution in [2.24, 2.45) is 0 Å². The minimum absolute atomic E-state index is 0.168. The average Bonchev–Trinajstić information content (AvgIpc) is 2.75. The fourth-order valence-electron chi connectivity index (χ4n) is 2.88. The van der Waals surface area contributed by atoms with Crippen LogP contribution < -0.4 is 10.6 Å². The van der Waals surface area contributed by atoms with Crippen LogP contribution in [0.2, 0.25) is 20.1 Å². The number of carbonyl (C=O) groups is 2. The highest BCUT2D eigenvalue weighted by Gasteiger charge is 2.32. The molecule has 3 rings (SSSR count). The number of halogens is 7. The number of nitrogens with one attached hydrogen (secondary N) is 2. The summed E-state index contributed by atoms with van der Waals surface area (Å²) in [5, 5.41) is 24.1. The number of phenols is 1. The van der Waals surface area contributed by atoms with Crippen LogP contribution in [0.4, 0.5) is 29.3 Å². The van der Waals surface area contributed by atoms with Crippen molar-refractivity contribution in [3.05, 3.63) is 77.9 Å². The van der Waals surface area contributed by atoms with Crippen LogP contribution in [0.15, 0.2) is 36.5 Å². The Hall–Kier alpha value is -3.32. The molecular weight excluding hydrogens is 575 g/mol. The Labute approximate surface area is 218 Å². The van der Waals surface area contributed by atoms with Crippen molar-refractivity contribution in [3.8, 4) is 17.0 Å². The van der Waals surface area contributed by atoms with Gasteiger partial charge in [-0.1, -0.05) is 46.4 Å². The first-order chi connectivity index (χ1) is 16.7. The summed E-state index contributed by atoms with van der Waals surface area (Å²) in [6.45, 7) is 0. The molecular formula is C20H9Cl4F3N4O5. The van der Waals surface area contributed by atoms with E-state index in [0.29, 0.717) is 12.3 Å². The molecule has 2 aromatic carbocycles. The first-order valence-corrected chi connectivity index (χ1v) is 10.7. The quantitative estimate of drug-likeness (QED) is 0.173. The van der Waals surface area contributed by atoms with Gasteiger partial charge in [0, 0.05) is 12.3 Å². The molecule has 0 unspecified atom stereocenters. The van der Waals surface area contributed by atoms with Crippen LogP contribution in [0.25, 0.3) is 11.3 Å². The lowest BCUT2D eigenvalue weighted by Crippen LogP contribution is -2.34. The fraction of sp³-hybridized carbons (Fsp3) is 0.0500. The van der Waals surface area contributed by atoms with E-state index in [-0.39, 0.29) is 27.0 Å². The zero-order valence-electron chi connectivity index (χ0n) is 17.1. The zero-order chi connectivity index (χ0) is 26.9. The summed E-state index contributed by atoms with van der Waals surface area (Å²) in [7, 11) is 0. The number of benzene rings is 2. The average molecular weight is 584 g/mol. The van der Waals surface area contributed by atoms with Crippen LogP contribution in [0.3, 0.4) is 0 Å². The van der Waals surface area contributed by atoms with Gasteiger partial charge >= 0.3 is 12.2 Å². The van der Waals surface area contributed by atoms with Crippen molar-refractivity contribution in [2.75, 3.05) is 5.32 Å². The van der Waals surface area contributed by atoms with E-state index in [0.717, 1.165) is 18.2 Å². The van der Waals surface area contributed by atoms with E-state index < -0.39 is 55.6 Å². The van der Waals surface area contributed by atoms with Crippen LogP contribution in [-0.4, -0.2) is 27.0 Å². The van der Waals surface area contributed by atoms with E-state index in [2.05, 4.69) is 10.3 Å². The van der Waals surface area contributed by atoms with Crippen molar-refractivity contribution < 1.29 is 32.8 Å². The summed E-state index contributed by atoms with van der Waals surface area (Å²) in [6.07, 6.45) is -4.24. The van der Waals surface area contributed by atoms with E-state index in [1.165, 1.54) is 6.07 Å². The number of phenolic OH excluding ortho intramolecular Hbond substituents is 1. The molecule has 0 saturated heterocycles. The highest BCUT2D eigenvalue weighted by atomic mass is 35.5. The Morgan fingerprint density at radius 1 is 1.03 bits per heavy atom. The van der Waals surface area contributed by atoms with Gasteiger partial charge in [0.1, 0.15) is 10.8 Å². The fourth-order valence-corrected chi connectivity index (χ4v) is 3.99. The zero-order valence-corrected chi connectivity index (χ0v) is 20.1. The minimum atomic E-state index is -4.72. The number of carbonyl (C=O) groups excluding carboxylic acids is 2. The number of rotatable bonds is 4. The number of urea groups is 1. The molecule has 16 heteroatoms. The number of hydrogen-bond acceptors (Lipinski definition) is 6. The third-order valence-corrected chi connectivity index (χ3v) is 5.80. The standard InChI is InChI=1S/C20H9Cl4F3N4O5/c21-8-2-4-12(31(35)36)15(24)13(8)18(33)30-19(34)29-11-3-1-9(22)14(17(11)32)16-10(23)5-7(6-28-16)20(25,26)27/h1-6,32H,(H2,29,30,33,34). The van der Waals surface area contributed by atoms with Crippen molar-refractivity contribution in [3.63, 3.8) is 0 Å². The topological polar surface area (TPSA) is 134 Å². The van der Waals surface area contributed by atoms with Crippen LogP contribution in [0.5, 0.6) is 5.75 Å². The van der Waals surface area contributed by atoms with Gasteiger partial charge in [-0.3, -0.25) is 25.2 Å². The largest absolute Gasteiger partial charge is 0.505 e. The molecule has 1 aromatic heterocycles. The SMILES string of the molecule is O=C(NC(=O)c1c(Cl)ccc([N+](=O)[O-])c1Cl)Nc1ccc(Cl)c(-c2ncc(C(F)(F)F)cc2Cl)c1O. The number of nitro benzene ring substituents is 1. The molecule has 0 atom stereocenters. The number of alkyl halides is 3. The van der Waals surface area contributed by atoms with Crippen molar-refractivity contribution in [1.82, 2.24) is 10.3 Å². The van der Waals surface area contributed by atoms with Crippen LogP contribution in [-0.2, 0) is 6.18 Å². The third kappa shape index (κ3) is 5.57.